The maximum Gasteiger partial charge on any atom is 1.00 e. The van der Waals surface area contributed by atoms with Crippen molar-refractivity contribution in [2.24, 2.45) is 0 Å². The van der Waals surface area contributed by atoms with Crippen LogP contribution in [-0.4, -0.2) is 46.8 Å². The molecule has 0 radical (unpaired) electrons. The topological polar surface area (TPSA) is 27.7 Å². The van der Waals surface area contributed by atoms with Crippen molar-refractivity contribution in [3.8, 4) is 0 Å². The summed E-state index contributed by atoms with van der Waals surface area (Å²) in [5.41, 5.74) is -14.3. The van der Waals surface area contributed by atoms with Gasteiger partial charge in [0.15, 0.2) is 69.8 Å². The van der Waals surface area contributed by atoms with E-state index in [0.29, 0.717) is 26.4 Å². The molecular formula is C30H15BF20LiO3-. The van der Waals surface area contributed by atoms with Crippen LogP contribution < -0.4 is 40.7 Å². The van der Waals surface area contributed by atoms with E-state index in [1.807, 2.05) is 0 Å². The maximum absolute atomic E-state index is 15.4. The third-order valence-electron chi connectivity index (χ3n) is 7.57. The van der Waals surface area contributed by atoms with Gasteiger partial charge in [-0.05, 0) is 0 Å². The summed E-state index contributed by atoms with van der Waals surface area (Å²) in [5.74, 6) is -71.4. The summed E-state index contributed by atoms with van der Waals surface area (Å²) in [7, 11) is 3.30. The summed E-state index contributed by atoms with van der Waals surface area (Å²) < 4.78 is 309. The van der Waals surface area contributed by atoms with Gasteiger partial charge in [0, 0.05) is 14.2 Å². The second kappa shape index (κ2) is 18.3. The third-order valence-corrected chi connectivity index (χ3v) is 7.57. The Labute approximate surface area is 307 Å². The van der Waals surface area contributed by atoms with Crippen LogP contribution >= 0.6 is 0 Å². The second-order valence-electron chi connectivity index (χ2n) is 10.4. The Morgan fingerprint density at radius 3 is 0.582 bits per heavy atom. The van der Waals surface area contributed by atoms with Crippen molar-refractivity contribution in [2.75, 3.05) is 40.6 Å². The van der Waals surface area contributed by atoms with E-state index in [-0.39, 0.29) is 20.3 Å². The number of hydrogen-bond acceptors (Lipinski definition) is 3. The van der Waals surface area contributed by atoms with Crippen LogP contribution in [0.3, 0.4) is 0 Å². The van der Waals surface area contributed by atoms with E-state index in [9.17, 15) is 52.7 Å². The van der Waals surface area contributed by atoms with Gasteiger partial charge in [0.1, 0.15) is 52.7 Å². The molecule has 0 atom stereocenters. The van der Waals surface area contributed by atoms with Crippen LogP contribution in [0.5, 0.6) is 0 Å². The van der Waals surface area contributed by atoms with E-state index in [4.69, 9.17) is 14.2 Å². The Morgan fingerprint density at radius 2 is 0.436 bits per heavy atom. The molecule has 0 amide bonds. The molecule has 0 saturated heterocycles. The molecule has 0 aromatic heterocycles. The molecule has 0 spiro atoms. The molecular weight excluding hydrogens is 806 g/mol. The second-order valence-corrected chi connectivity index (χ2v) is 10.4. The summed E-state index contributed by atoms with van der Waals surface area (Å²) >= 11 is 0. The minimum Gasteiger partial charge on any atom is -1.00 e. The van der Waals surface area contributed by atoms with Gasteiger partial charge >= 0.3 is 18.9 Å². The Morgan fingerprint density at radius 1 is 0.291 bits per heavy atom. The molecule has 0 fully saturated rings. The van der Waals surface area contributed by atoms with Crippen LogP contribution in [0.15, 0.2) is 0 Å². The molecule has 0 aliphatic carbocycles. The minimum atomic E-state index is -7.22. The fraction of sp³-hybridized carbons (Fsp3) is 0.200. The molecule has 0 saturated carbocycles. The zero-order chi connectivity index (χ0) is 41.3. The molecule has 0 bridgehead atoms. The van der Waals surface area contributed by atoms with E-state index >= 15 is 35.1 Å². The monoisotopic (exact) mass is 821 g/mol. The van der Waals surface area contributed by atoms with Crippen molar-refractivity contribution < 1.29 is 122 Å². The number of methoxy groups -OCH3 is 2. The largest absolute Gasteiger partial charge is 1.00 e. The van der Waals surface area contributed by atoms with Crippen LogP contribution in [0.25, 0.3) is 0 Å². The molecule has 0 N–H and O–H groups in total. The number of benzene rings is 4. The van der Waals surface area contributed by atoms with Crippen LogP contribution in [0.1, 0.15) is 1.43 Å². The van der Waals surface area contributed by atoms with E-state index in [1.165, 1.54) is 0 Å². The van der Waals surface area contributed by atoms with Gasteiger partial charge in [-0.1, -0.05) is 0 Å². The standard InChI is InChI=1S/C24BF20.C6H14O3.Li.H/c26-5-1(6(27)14(35)21(42)13(5)34)25(2-7(28)15(36)22(43)16(37)8(2)29,3-9(30)17(38)23(44)18(39)10(3)31)4-11(32)19(40)24(45)20(41)12(4)33;1-7-3-5-9-6-4-8-2;;/h;3-6H2,1-2H3;;/q-1;;+1;-1. The molecule has 4 rings (SSSR count). The average molecular weight is 821 g/mol. The Balaban J connectivity index is 0.00000127. The first-order valence-corrected chi connectivity index (χ1v) is 13.9. The number of rotatable bonds is 10. The molecule has 0 heterocycles. The van der Waals surface area contributed by atoms with Gasteiger partial charge in [-0.3, -0.25) is 0 Å². The molecule has 0 aliphatic rings. The van der Waals surface area contributed by atoms with Gasteiger partial charge in [-0.2, -0.15) is 0 Å². The van der Waals surface area contributed by atoms with Crippen molar-refractivity contribution >= 4 is 28.0 Å². The number of ether oxygens (including phenoxy) is 3. The Kier molecular flexibility index (Phi) is 15.7. The maximum atomic E-state index is 15.4. The van der Waals surface area contributed by atoms with Gasteiger partial charge in [0.05, 0.1) is 26.4 Å². The van der Waals surface area contributed by atoms with E-state index in [1.54, 1.807) is 14.2 Å². The van der Waals surface area contributed by atoms with Crippen molar-refractivity contribution in [2.45, 2.75) is 0 Å². The molecule has 55 heavy (non-hydrogen) atoms. The van der Waals surface area contributed by atoms with Crippen molar-refractivity contribution in [3.63, 3.8) is 0 Å². The fourth-order valence-electron chi connectivity index (χ4n) is 5.26. The first-order valence-electron chi connectivity index (χ1n) is 13.9. The van der Waals surface area contributed by atoms with Gasteiger partial charge in [-0.25, -0.2) is 87.8 Å². The average Bonchev–Trinajstić information content (AvgIpc) is 3.14. The quantitative estimate of drug-likeness (QED) is 0.0810. The first kappa shape index (κ1) is 47.2. The van der Waals surface area contributed by atoms with Gasteiger partial charge < -0.3 is 15.6 Å². The molecule has 4 aromatic rings. The van der Waals surface area contributed by atoms with Crippen LogP contribution in [0.2, 0.25) is 0 Å². The zero-order valence-electron chi connectivity index (χ0n) is 28.2. The Hall–Kier alpha value is -3.98. The van der Waals surface area contributed by atoms with Gasteiger partial charge in [0.25, 0.3) is 0 Å². The van der Waals surface area contributed by atoms with Gasteiger partial charge in [0.2, 0.25) is 0 Å². The van der Waals surface area contributed by atoms with Gasteiger partial charge in [-0.15, -0.1) is 21.9 Å². The van der Waals surface area contributed by atoms with Crippen LogP contribution in [0.4, 0.5) is 87.8 Å². The van der Waals surface area contributed by atoms with Crippen molar-refractivity contribution in [1.82, 2.24) is 0 Å². The smallest absolute Gasteiger partial charge is 1.00 e. The Bertz CT molecular complexity index is 1720. The summed E-state index contributed by atoms with van der Waals surface area (Å²) in [5, 5.41) is 0. The fourth-order valence-corrected chi connectivity index (χ4v) is 5.26. The van der Waals surface area contributed by atoms with E-state index in [0.717, 1.165) is 0 Å². The first-order chi connectivity index (χ1) is 25.1. The number of halogens is 20. The third kappa shape index (κ3) is 7.75. The summed E-state index contributed by atoms with van der Waals surface area (Å²) in [4.78, 5) is 0. The predicted molar refractivity (Wildman–Crippen MR) is 145 cm³/mol. The molecule has 4 aromatic carbocycles. The van der Waals surface area contributed by atoms with Crippen molar-refractivity contribution in [1.29, 1.82) is 0 Å². The molecule has 298 valence electrons. The summed E-state index contributed by atoms with van der Waals surface area (Å²) in [6.45, 7) is 2.62. The normalized spacial score (nSPS) is 11.5. The van der Waals surface area contributed by atoms with E-state index in [2.05, 4.69) is 0 Å². The predicted octanol–water partition coefficient (Wildman–Crippen LogP) is 3.26. The zero-order valence-corrected chi connectivity index (χ0v) is 27.2. The summed E-state index contributed by atoms with van der Waals surface area (Å²) in [6.07, 6.45) is -7.22. The van der Waals surface area contributed by atoms with Crippen LogP contribution in [-0.2, 0) is 14.2 Å². The SMILES string of the molecule is COCCOCCOC.Fc1c(F)c(F)c([B-](c2c(F)c(F)c(F)c(F)c2F)(c2c(F)c(F)c(F)c(F)c2F)c2c(F)c(F)c(F)c(F)c2F)c(F)c1F.[H-].[Li+]. The molecule has 25 heteroatoms. The molecule has 3 nitrogen and oxygen atoms in total. The van der Waals surface area contributed by atoms with Crippen LogP contribution in [0, 0.1) is 116 Å². The minimum absolute atomic E-state index is 0. The van der Waals surface area contributed by atoms with Crippen molar-refractivity contribution in [3.05, 3.63) is 116 Å². The number of hydrogen-bond donors (Lipinski definition) is 0. The molecule has 0 aliphatic heterocycles. The van der Waals surface area contributed by atoms with E-state index < -0.39 is 144 Å². The molecule has 0 unspecified atom stereocenters. The summed E-state index contributed by atoms with van der Waals surface area (Å²) in [6, 6.07) is 0.